The third-order valence-electron chi connectivity index (χ3n) is 4.42. The van der Waals surface area contributed by atoms with E-state index in [1.807, 2.05) is 11.8 Å². The Morgan fingerprint density at radius 3 is 2.61 bits per heavy atom. The summed E-state index contributed by atoms with van der Waals surface area (Å²) < 4.78 is 0. The van der Waals surface area contributed by atoms with Crippen LogP contribution in [0.4, 0.5) is 10.6 Å². The summed E-state index contributed by atoms with van der Waals surface area (Å²) in [4.78, 5) is 22.5. The van der Waals surface area contributed by atoms with E-state index in [1.54, 1.807) is 12.3 Å². The van der Waals surface area contributed by atoms with Gasteiger partial charge in [-0.1, -0.05) is 24.3 Å². The number of benzene rings is 1. The average molecular weight is 310 g/mol. The minimum absolute atomic E-state index is 0.0775. The number of rotatable bonds is 2. The Morgan fingerprint density at radius 1 is 1.17 bits per heavy atom. The quantitative estimate of drug-likeness (QED) is 0.923. The molecule has 5 nitrogen and oxygen atoms in total. The van der Waals surface area contributed by atoms with Crippen molar-refractivity contribution in [3.05, 3.63) is 53.5 Å². The van der Waals surface area contributed by atoms with E-state index in [4.69, 9.17) is 0 Å². The van der Waals surface area contributed by atoms with Crippen LogP contribution in [0.5, 0.6) is 0 Å². The number of urea groups is 1. The van der Waals surface area contributed by atoms with E-state index in [0.717, 1.165) is 25.9 Å². The van der Waals surface area contributed by atoms with E-state index >= 15 is 0 Å². The number of nitrogens with one attached hydrogen (secondary N) is 1. The van der Waals surface area contributed by atoms with E-state index in [0.29, 0.717) is 17.6 Å². The first-order valence-electron chi connectivity index (χ1n) is 8.04. The Kier molecular flexibility index (Phi) is 4.55. The van der Waals surface area contributed by atoms with Crippen molar-refractivity contribution < 1.29 is 4.79 Å². The highest BCUT2D eigenvalue weighted by molar-refractivity contribution is 5.88. The van der Waals surface area contributed by atoms with Crippen molar-refractivity contribution in [1.29, 1.82) is 0 Å². The number of nitrogens with zero attached hydrogens (tertiary/aromatic N) is 3. The van der Waals surface area contributed by atoms with Gasteiger partial charge in [0.25, 0.3) is 0 Å². The molecule has 2 aromatic rings. The third-order valence-corrected chi connectivity index (χ3v) is 4.42. The van der Waals surface area contributed by atoms with E-state index in [9.17, 15) is 4.79 Å². The largest absolute Gasteiger partial charge is 0.324 e. The van der Waals surface area contributed by atoms with Gasteiger partial charge in [0.2, 0.25) is 0 Å². The zero-order valence-electron chi connectivity index (χ0n) is 13.6. The summed E-state index contributed by atoms with van der Waals surface area (Å²) in [7, 11) is 0. The molecule has 1 aromatic heterocycles. The standard InChI is InChI=1S/C18H22N4O/c1-13-5-3-4-6-16(13)15-8-11-22(12-9-15)18(23)21-17-7-10-19-14(2)20-17/h3-7,10,15H,8-9,11-12H2,1-2H3,(H,19,20,21,23). The molecule has 2 heterocycles. The van der Waals surface area contributed by atoms with Crippen molar-refractivity contribution in [2.75, 3.05) is 18.4 Å². The maximum Gasteiger partial charge on any atom is 0.323 e. The fourth-order valence-corrected chi connectivity index (χ4v) is 3.15. The van der Waals surface area contributed by atoms with Crippen molar-refractivity contribution in [3.63, 3.8) is 0 Å². The van der Waals surface area contributed by atoms with Crippen molar-refractivity contribution in [3.8, 4) is 0 Å². The number of likely N-dealkylation sites (tertiary alicyclic amines) is 1. The van der Waals surface area contributed by atoms with Gasteiger partial charge in [0, 0.05) is 19.3 Å². The average Bonchev–Trinajstić information content (AvgIpc) is 2.55. The molecule has 1 aromatic carbocycles. The van der Waals surface area contributed by atoms with Crippen LogP contribution in [0.2, 0.25) is 0 Å². The summed E-state index contributed by atoms with van der Waals surface area (Å²) in [5.74, 6) is 1.76. The fourth-order valence-electron chi connectivity index (χ4n) is 3.15. The molecule has 0 unspecified atom stereocenters. The normalized spacial score (nSPS) is 15.5. The molecule has 0 aliphatic carbocycles. The molecule has 1 aliphatic heterocycles. The van der Waals surface area contributed by atoms with E-state index in [2.05, 4.69) is 46.5 Å². The predicted octanol–water partition coefficient (Wildman–Crippen LogP) is 3.50. The lowest BCUT2D eigenvalue weighted by Crippen LogP contribution is -2.40. The number of carbonyl (C=O) groups is 1. The molecule has 1 fully saturated rings. The molecular formula is C18H22N4O. The smallest absolute Gasteiger partial charge is 0.323 e. The highest BCUT2D eigenvalue weighted by Crippen LogP contribution is 2.30. The molecule has 0 bridgehead atoms. The Morgan fingerprint density at radius 2 is 1.91 bits per heavy atom. The van der Waals surface area contributed by atoms with Gasteiger partial charge in [0.05, 0.1) is 0 Å². The maximum absolute atomic E-state index is 12.3. The molecule has 0 spiro atoms. The number of aryl methyl sites for hydroxylation is 2. The molecule has 0 radical (unpaired) electrons. The second kappa shape index (κ2) is 6.77. The van der Waals surface area contributed by atoms with Crippen molar-refractivity contribution in [2.24, 2.45) is 0 Å². The van der Waals surface area contributed by atoms with Crippen LogP contribution in [0, 0.1) is 13.8 Å². The van der Waals surface area contributed by atoms with Crippen LogP contribution in [0.25, 0.3) is 0 Å². The number of piperidine rings is 1. The van der Waals surface area contributed by atoms with Crippen LogP contribution in [-0.2, 0) is 0 Å². The Bertz CT molecular complexity index is 693. The van der Waals surface area contributed by atoms with Crippen molar-refractivity contribution >= 4 is 11.8 Å². The number of amides is 2. The van der Waals surface area contributed by atoms with Crippen LogP contribution in [0.1, 0.15) is 35.7 Å². The summed E-state index contributed by atoms with van der Waals surface area (Å²) in [5, 5.41) is 2.85. The zero-order chi connectivity index (χ0) is 16.2. The monoisotopic (exact) mass is 310 g/mol. The second-order valence-corrected chi connectivity index (χ2v) is 6.04. The summed E-state index contributed by atoms with van der Waals surface area (Å²) >= 11 is 0. The summed E-state index contributed by atoms with van der Waals surface area (Å²) in [5.41, 5.74) is 2.76. The van der Waals surface area contributed by atoms with Crippen LogP contribution in [0.3, 0.4) is 0 Å². The van der Waals surface area contributed by atoms with Gasteiger partial charge in [0.1, 0.15) is 11.6 Å². The molecule has 3 rings (SSSR count). The van der Waals surface area contributed by atoms with Crippen molar-refractivity contribution in [1.82, 2.24) is 14.9 Å². The molecule has 1 aliphatic rings. The summed E-state index contributed by atoms with van der Waals surface area (Å²) in [6.45, 7) is 5.51. The van der Waals surface area contributed by atoms with Gasteiger partial charge in [0.15, 0.2) is 0 Å². The summed E-state index contributed by atoms with van der Waals surface area (Å²) in [6, 6.07) is 10.2. The topological polar surface area (TPSA) is 58.1 Å². The van der Waals surface area contributed by atoms with Gasteiger partial charge in [-0.15, -0.1) is 0 Å². The fraction of sp³-hybridized carbons (Fsp3) is 0.389. The number of carbonyl (C=O) groups excluding carboxylic acids is 1. The summed E-state index contributed by atoms with van der Waals surface area (Å²) in [6.07, 6.45) is 3.66. The number of hydrogen-bond donors (Lipinski definition) is 1. The Labute approximate surface area is 136 Å². The molecule has 23 heavy (non-hydrogen) atoms. The lowest BCUT2D eigenvalue weighted by atomic mass is 9.87. The number of aromatic nitrogens is 2. The first-order chi connectivity index (χ1) is 11.1. The first-order valence-corrected chi connectivity index (χ1v) is 8.04. The minimum Gasteiger partial charge on any atom is -0.324 e. The highest BCUT2D eigenvalue weighted by Gasteiger charge is 2.24. The molecule has 120 valence electrons. The van der Waals surface area contributed by atoms with E-state index in [-0.39, 0.29) is 6.03 Å². The third kappa shape index (κ3) is 3.67. The SMILES string of the molecule is Cc1nccc(NC(=O)N2CCC(c3ccccc3C)CC2)n1. The zero-order valence-corrected chi connectivity index (χ0v) is 13.6. The molecular weight excluding hydrogens is 288 g/mol. The second-order valence-electron chi connectivity index (χ2n) is 6.04. The Balaban J connectivity index is 1.58. The van der Waals surface area contributed by atoms with Gasteiger partial charge in [-0.2, -0.15) is 0 Å². The van der Waals surface area contributed by atoms with Gasteiger partial charge >= 0.3 is 6.03 Å². The maximum atomic E-state index is 12.3. The molecule has 1 saturated heterocycles. The van der Waals surface area contributed by atoms with Crippen LogP contribution in [-0.4, -0.2) is 34.0 Å². The van der Waals surface area contributed by atoms with Crippen LogP contribution < -0.4 is 5.32 Å². The van der Waals surface area contributed by atoms with Crippen LogP contribution in [0.15, 0.2) is 36.5 Å². The Hall–Kier alpha value is -2.43. The molecule has 1 N–H and O–H groups in total. The molecule has 2 amide bonds. The first kappa shape index (κ1) is 15.5. The number of hydrogen-bond acceptors (Lipinski definition) is 3. The molecule has 0 atom stereocenters. The molecule has 0 saturated carbocycles. The van der Waals surface area contributed by atoms with Gasteiger partial charge in [-0.25, -0.2) is 14.8 Å². The lowest BCUT2D eigenvalue weighted by Gasteiger charge is -2.32. The predicted molar refractivity (Wildman–Crippen MR) is 90.5 cm³/mol. The minimum atomic E-state index is -0.0775. The van der Waals surface area contributed by atoms with E-state index in [1.165, 1.54) is 11.1 Å². The van der Waals surface area contributed by atoms with Gasteiger partial charge in [-0.3, -0.25) is 5.32 Å². The highest BCUT2D eigenvalue weighted by atomic mass is 16.2. The molecule has 5 heteroatoms. The van der Waals surface area contributed by atoms with Crippen LogP contribution >= 0.6 is 0 Å². The van der Waals surface area contributed by atoms with E-state index < -0.39 is 0 Å². The van der Waals surface area contributed by atoms with Gasteiger partial charge < -0.3 is 4.90 Å². The number of anilines is 1. The lowest BCUT2D eigenvalue weighted by molar-refractivity contribution is 0.194. The van der Waals surface area contributed by atoms with Crippen molar-refractivity contribution in [2.45, 2.75) is 32.6 Å². The van der Waals surface area contributed by atoms with Gasteiger partial charge in [-0.05, 0) is 49.8 Å².